The van der Waals surface area contributed by atoms with Gasteiger partial charge in [-0.25, -0.2) is 4.79 Å². The third-order valence-electron chi connectivity index (χ3n) is 4.39. The second-order valence-electron chi connectivity index (χ2n) is 6.56. The summed E-state index contributed by atoms with van der Waals surface area (Å²) in [6, 6.07) is 14.2. The molecule has 0 atom stereocenters. The highest BCUT2D eigenvalue weighted by molar-refractivity contribution is 5.88. The fraction of sp³-hybridized carbons (Fsp3) is 0.238. The molecule has 2 heterocycles. The molecule has 0 bridgehead atoms. The maximum absolute atomic E-state index is 12.8. The fourth-order valence-electron chi connectivity index (χ4n) is 2.78. The summed E-state index contributed by atoms with van der Waals surface area (Å²) < 4.78 is 12.0. The third kappa shape index (κ3) is 3.93. The zero-order valence-electron chi connectivity index (χ0n) is 15.4. The SMILES string of the molecule is COC(=O)c1ccc(Cn2c(-c3ccccc3)nc(OC3CC3)cc2=O)nc1. The number of hydrogen-bond acceptors (Lipinski definition) is 6. The Bertz CT molecular complexity index is 1040. The van der Waals surface area contributed by atoms with Crippen LogP contribution < -0.4 is 10.3 Å². The number of esters is 1. The van der Waals surface area contributed by atoms with Gasteiger partial charge in [0.1, 0.15) is 11.9 Å². The number of ether oxygens (including phenoxy) is 2. The average molecular weight is 377 g/mol. The van der Waals surface area contributed by atoms with Gasteiger partial charge in [0.15, 0.2) is 0 Å². The Labute approximate surface area is 161 Å². The molecular weight excluding hydrogens is 358 g/mol. The summed E-state index contributed by atoms with van der Waals surface area (Å²) in [6.45, 7) is 0.223. The van der Waals surface area contributed by atoms with Crippen LogP contribution in [0.25, 0.3) is 11.4 Å². The number of nitrogens with zero attached hydrogens (tertiary/aromatic N) is 3. The summed E-state index contributed by atoms with van der Waals surface area (Å²) in [5.74, 6) is 0.406. The summed E-state index contributed by atoms with van der Waals surface area (Å²) in [5, 5.41) is 0. The van der Waals surface area contributed by atoms with E-state index in [2.05, 4.69) is 14.7 Å². The van der Waals surface area contributed by atoms with Crippen LogP contribution in [0.1, 0.15) is 28.9 Å². The van der Waals surface area contributed by atoms with Gasteiger partial charge in [-0.1, -0.05) is 30.3 Å². The Morgan fingerprint density at radius 2 is 1.96 bits per heavy atom. The van der Waals surface area contributed by atoms with Crippen molar-refractivity contribution in [2.45, 2.75) is 25.5 Å². The highest BCUT2D eigenvalue weighted by Gasteiger charge is 2.25. The number of carbonyl (C=O) groups excluding carboxylic acids is 1. The highest BCUT2D eigenvalue weighted by atomic mass is 16.5. The molecule has 1 aliphatic rings. The summed E-state index contributed by atoms with van der Waals surface area (Å²) in [6.07, 6.45) is 3.56. The zero-order chi connectivity index (χ0) is 19.5. The molecule has 1 fully saturated rings. The van der Waals surface area contributed by atoms with Gasteiger partial charge >= 0.3 is 5.97 Å². The second kappa shape index (κ2) is 7.64. The van der Waals surface area contributed by atoms with Crippen LogP contribution in [0.2, 0.25) is 0 Å². The molecule has 0 spiro atoms. The summed E-state index contributed by atoms with van der Waals surface area (Å²) in [7, 11) is 1.32. The van der Waals surface area contributed by atoms with E-state index < -0.39 is 5.97 Å². The van der Waals surface area contributed by atoms with Crippen molar-refractivity contribution in [1.82, 2.24) is 14.5 Å². The molecule has 1 aliphatic carbocycles. The smallest absolute Gasteiger partial charge is 0.339 e. The molecule has 2 aromatic heterocycles. The number of carbonyl (C=O) groups is 1. The minimum Gasteiger partial charge on any atom is -0.474 e. The molecular formula is C21H19N3O4. The molecule has 7 heteroatoms. The van der Waals surface area contributed by atoms with Crippen molar-refractivity contribution in [1.29, 1.82) is 0 Å². The van der Waals surface area contributed by atoms with Crippen molar-refractivity contribution >= 4 is 5.97 Å². The van der Waals surface area contributed by atoms with E-state index in [1.54, 1.807) is 16.7 Å². The topological polar surface area (TPSA) is 83.3 Å². The predicted molar refractivity (Wildman–Crippen MR) is 102 cm³/mol. The molecule has 0 radical (unpaired) electrons. The molecule has 1 saturated carbocycles. The lowest BCUT2D eigenvalue weighted by Gasteiger charge is -2.14. The fourth-order valence-corrected chi connectivity index (χ4v) is 2.78. The lowest BCUT2D eigenvalue weighted by Crippen LogP contribution is -2.24. The van der Waals surface area contributed by atoms with Crippen molar-refractivity contribution < 1.29 is 14.3 Å². The molecule has 0 saturated heterocycles. The van der Waals surface area contributed by atoms with Crippen LogP contribution in [0.15, 0.2) is 59.5 Å². The molecule has 4 rings (SSSR count). The largest absolute Gasteiger partial charge is 0.474 e. The van der Waals surface area contributed by atoms with Crippen LogP contribution in [0.3, 0.4) is 0 Å². The number of benzene rings is 1. The number of methoxy groups -OCH3 is 1. The maximum atomic E-state index is 12.8. The van der Waals surface area contributed by atoms with Gasteiger partial charge in [0, 0.05) is 11.8 Å². The van der Waals surface area contributed by atoms with Gasteiger partial charge in [0.05, 0.1) is 31.0 Å². The Hall–Kier alpha value is -3.48. The Balaban J connectivity index is 1.70. The summed E-state index contributed by atoms with van der Waals surface area (Å²) >= 11 is 0. The summed E-state index contributed by atoms with van der Waals surface area (Å²) in [4.78, 5) is 33.2. The predicted octanol–water partition coefficient (Wildman–Crippen LogP) is 2.68. The van der Waals surface area contributed by atoms with Crippen LogP contribution >= 0.6 is 0 Å². The first-order chi connectivity index (χ1) is 13.6. The quantitative estimate of drug-likeness (QED) is 0.614. The molecule has 0 N–H and O–H groups in total. The van der Waals surface area contributed by atoms with E-state index in [0.717, 1.165) is 18.4 Å². The van der Waals surface area contributed by atoms with Crippen molar-refractivity contribution in [3.8, 4) is 17.3 Å². The minimum atomic E-state index is -0.454. The molecule has 0 amide bonds. The van der Waals surface area contributed by atoms with Gasteiger partial charge < -0.3 is 9.47 Å². The molecule has 3 aromatic rings. The van der Waals surface area contributed by atoms with Crippen LogP contribution in [0.4, 0.5) is 0 Å². The van der Waals surface area contributed by atoms with Crippen molar-refractivity contribution in [3.63, 3.8) is 0 Å². The first-order valence-electron chi connectivity index (χ1n) is 9.01. The van der Waals surface area contributed by atoms with Gasteiger partial charge in [-0.05, 0) is 25.0 Å². The Kier molecular flexibility index (Phi) is 4.89. The first kappa shape index (κ1) is 17.9. The molecule has 1 aromatic carbocycles. The van der Waals surface area contributed by atoms with Gasteiger partial charge in [0.25, 0.3) is 5.56 Å². The van der Waals surface area contributed by atoms with E-state index in [0.29, 0.717) is 23.0 Å². The number of aromatic nitrogens is 3. The molecule has 28 heavy (non-hydrogen) atoms. The molecule has 0 unspecified atom stereocenters. The standard InChI is InChI=1S/C21H19N3O4/c1-27-21(26)15-7-8-16(22-12-15)13-24-19(25)11-18(28-17-9-10-17)23-20(24)14-5-3-2-4-6-14/h2-8,11-12,17H,9-10,13H2,1H3. The Morgan fingerprint density at radius 1 is 1.18 bits per heavy atom. The van der Waals surface area contributed by atoms with E-state index in [1.165, 1.54) is 19.4 Å². The van der Waals surface area contributed by atoms with E-state index in [1.807, 2.05) is 30.3 Å². The van der Waals surface area contributed by atoms with Crippen molar-refractivity contribution in [2.24, 2.45) is 0 Å². The van der Waals surface area contributed by atoms with Gasteiger partial charge in [-0.2, -0.15) is 4.98 Å². The number of hydrogen-bond donors (Lipinski definition) is 0. The van der Waals surface area contributed by atoms with Crippen molar-refractivity contribution in [2.75, 3.05) is 7.11 Å². The van der Waals surface area contributed by atoms with Crippen LogP contribution in [0.5, 0.6) is 5.88 Å². The molecule has 0 aliphatic heterocycles. The average Bonchev–Trinajstić information content (AvgIpc) is 3.54. The maximum Gasteiger partial charge on any atom is 0.339 e. The molecule has 142 valence electrons. The van der Waals surface area contributed by atoms with E-state index in [9.17, 15) is 9.59 Å². The van der Waals surface area contributed by atoms with Crippen LogP contribution in [-0.2, 0) is 11.3 Å². The van der Waals surface area contributed by atoms with Gasteiger partial charge in [-0.3, -0.25) is 14.3 Å². The number of pyridine rings is 1. The monoisotopic (exact) mass is 377 g/mol. The van der Waals surface area contributed by atoms with E-state index >= 15 is 0 Å². The van der Waals surface area contributed by atoms with Gasteiger partial charge in [-0.15, -0.1) is 0 Å². The Morgan fingerprint density at radius 3 is 2.61 bits per heavy atom. The summed E-state index contributed by atoms with van der Waals surface area (Å²) in [5.41, 5.74) is 1.58. The van der Waals surface area contributed by atoms with Crippen LogP contribution in [-0.4, -0.2) is 33.7 Å². The highest BCUT2D eigenvalue weighted by Crippen LogP contribution is 2.26. The normalized spacial score (nSPS) is 13.2. The van der Waals surface area contributed by atoms with E-state index in [4.69, 9.17) is 4.74 Å². The lowest BCUT2D eigenvalue weighted by atomic mass is 10.2. The van der Waals surface area contributed by atoms with Crippen molar-refractivity contribution in [3.05, 3.63) is 76.3 Å². The zero-order valence-corrected chi connectivity index (χ0v) is 15.4. The second-order valence-corrected chi connectivity index (χ2v) is 6.56. The van der Waals surface area contributed by atoms with Gasteiger partial charge in [0.2, 0.25) is 5.88 Å². The lowest BCUT2D eigenvalue weighted by molar-refractivity contribution is 0.0600. The molecule has 7 nitrogen and oxygen atoms in total. The first-order valence-corrected chi connectivity index (χ1v) is 9.01. The van der Waals surface area contributed by atoms with E-state index in [-0.39, 0.29) is 18.2 Å². The van der Waals surface area contributed by atoms with Crippen LogP contribution in [0, 0.1) is 0 Å². The number of rotatable bonds is 6. The minimum absolute atomic E-state index is 0.152. The third-order valence-corrected chi connectivity index (χ3v) is 4.39.